The van der Waals surface area contributed by atoms with Crippen molar-refractivity contribution >= 4 is 26.6 Å². The summed E-state index contributed by atoms with van der Waals surface area (Å²) in [6, 6.07) is 12.1. The van der Waals surface area contributed by atoms with E-state index in [1.54, 1.807) is 24.4 Å². The third kappa shape index (κ3) is 4.48. The molecule has 0 unspecified atom stereocenters. The summed E-state index contributed by atoms with van der Waals surface area (Å²) in [5.74, 6) is 0.110. The summed E-state index contributed by atoms with van der Waals surface area (Å²) in [7, 11) is -0.988. The summed E-state index contributed by atoms with van der Waals surface area (Å²) in [5.41, 5.74) is 0.148. The lowest BCUT2D eigenvalue weighted by Crippen LogP contribution is -2.23. The van der Waals surface area contributed by atoms with E-state index in [1.165, 1.54) is 60.1 Å². The highest BCUT2D eigenvalue weighted by atomic mass is 32.2. The van der Waals surface area contributed by atoms with E-state index in [4.69, 9.17) is 4.74 Å². The van der Waals surface area contributed by atoms with Gasteiger partial charge < -0.3 is 9.47 Å². The zero-order chi connectivity index (χ0) is 23.6. The minimum Gasteiger partial charge on any atom is -0.497 e. The highest BCUT2D eigenvalue weighted by Gasteiger charge is 2.19. The molecule has 170 valence electrons. The van der Waals surface area contributed by atoms with E-state index in [0.29, 0.717) is 22.2 Å². The number of nitrogens with zero attached hydrogens (tertiary/aromatic N) is 4. The smallest absolute Gasteiger partial charge is 0.327 e. The molecule has 33 heavy (non-hydrogen) atoms. The molecule has 0 radical (unpaired) electrons. The normalized spacial score (nSPS) is 11.5. The van der Waals surface area contributed by atoms with Gasteiger partial charge in [-0.2, -0.15) is 10.2 Å². The molecule has 0 amide bonds. The molecular formula is C22H20N4O6S. The maximum atomic E-state index is 13.0. The third-order valence-electron chi connectivity index (χ3n) is 5.03. The number of aromatic nitrogens is 4. The summed E-state index contributed by atoms with van der Waals surface area (Å²) < 4.78 is 38.3. The molecule has 0 aliphatic carbocycles. The number of hydrogen-bond donors (Lipinski definition) is 0. The zero-order valence-corrected chi connectivity index (χ0v) is 18.7. The second-order valence-corrected chi connectivity index (χ2v) is 9.07. The highest BCUT2D eigenvalue weighted by molar-refractivity contribution is 7.91. The van der Waals surface area contributed by atoms with Crippen molar-refractivity contribution in [3.05, 3.63) is 77.0 Å². The number of carbonyl (C=O) groups excluding carboxylic acids is 1. The van der Waals surface area contributed by atoms with E-state index >= 15 is 0 Å². The van der Waals surface area contributed by atoms with E-state index in [-0.39, 0.29) is 28.4 Å². The van der Waals surface area contributed by atoms with Gasteiger partial charge in [0.2, 0.25) is 9.84 Å². The molecule has 0 saturated heterocycles. The number of hydrogen-bond acceptors (Lipinski definition) is 8. The van der Waals surface area contributed by atoms with Crippen LogP contribution in [0.15, 0.2) is 75.5 Å². The number of methoxy groups -OCH3 is 2. The Morgan fingerprint density at radius 2 is 1.76 bits per heavy atom. The first-order valence-electron chi connectivity index (χ1n) is 9.80. The fourth-order valence-electron chi connectivity index (χ4n) is 3.26. The number of sulfone groups is 1. The number of ether oxygens (including phenoxy) is 2. The monoisotopic (exact) mass is 468 g/mol. The first-order chi connectivity index (χ1) is 15.8. The number of benzene rings is 2. The molecule has 11 heteroatoms. The lowest BCUT2D eigenvalue weighted by atomic mass is 10.2. The van der Waals surface area contributed by atoms with Gasteiger partial charge in [0.1, 0.15) is 12.3 Å². The summed E-state index contributed by atoms with van der Waals surface area (Å²) in [6.07, 6.45) is 3.05. The topological polar surface area (TPSA) is 122 Å². The molecule has 2 aromatic carbocycles. The fourth-order valence-corrected chi connectivity index (χ4v) is 4.56. The van der Waals surface area contributed by atoms with E-state index < -0.39 is 15.8 Å². The van der Waals surface area contributed by atoms with Crippen LogP contribution in [-0.4, -0.2) is 48.2 Å². The maximum absolute atomic E-state index is 13.0. The predicted molar refractivity (Wildman–Crippen MR) is 118 cm³/mol. The van der Waals surface area contributed by atoms with Crippen LogP contribution >= 0.6 is 0 Å². The Labute approximate surface area is 188 Å². The van der Waals surface area contributed by atoms with Crippen LogP contribution < -0.4 is 10.3 Å². The van der Waals surface area contributed by atoms with Crippen molar-refractivity contribution in [1.82, 2.24) is 19.6 Å². The van der Waals surface area contributed by atoms with Crippen molar-refractivity contribution in [2.45, 2.75) is 22.9 Å². The van der Waals surface area contributed by atoms with Gasteiger partial charge >= 0.3 is 5.97 Å². The van der Waals surface area contributed by atoms with E-state index in [0.717, 1.165) is 0 Å². The molecule has 0 spiro atoms. The van der Waals surface area contributed by atoms with Crippen LogP contribution in [0.1, 0.15) is 5.69 Å². The first kappa shape index (κ1) is 22.2. The summed E-state index contributed by atoms with van der Waals surface area (Å²) >= 11 is 0. The van der Waals surface area contributed by atoms with Crippen molar-refractivity contribution in [3.63, 3.8) is 0 Å². The van der Waals surface area contributed by atoms with E-state index in [1.807, 2.05) is 0 Å². The van der Waals surface area contributed by atoms with Crippen molar-refractivity contribution < 1.29 is 22.7 Å². The third-order valence-corrected chi connectivity index (χ3v) is 6.80. The predicted octanol–water partition coefficient (Wildman–Crippen LogP) is 1.66. The average molecular weight is 468 g/mol. The van der Waals surface area contributed by atoms with Crippen LogP contribution in [0, 0.1) is 0 Å². The fraction of sp³-hybridized carbons (Fsp3) is 0.182. The Bertz CT molecular complexity index is 1490. The van der Waals surface area contributed by atoms with Gasteiger partial charge in [0.05, 0.1) is 47.8 Å². The maximum Gasteiger partial charge on any atom is 0.327 e. The molecule has 0 fully saturated rings. The van der Waals surface area contributed by atoms with Crippen LogP contribution in [0.3, 0.4) is 0 Å². The van der Waals surface area contributed by atoms with Gasteiger partial charge in [-0.05, 0) is 48.5 Å². The molecule has 0 aliphatic rings. The second kappa shape index (κ2) is 8.87. The lowest BCUT2D eigenvalue weighted by molar-refractivity contribution is -0.141. The molecule has 0 bridgehead atoms. The Kier molecular flexibility index (Phi) is 5.97. The van der Waals surface area contributed by atoms with Crippen LogP contribution in [-0.2, 0) is 32.5 Å². The number of fused-ring (bicyclic) bond motifs is 1. The highest BCUT2D eigenvalue weighted by Crippen LogP contribution is 2.25. The van der Waals surface area contributed by atoms with Gasteiger partial charge in [-0.25, -0.2) is 13.1 Å². The van der Waals surface area contributed by atoms with E-state index in [9.17, 15) is 18.0 Å². The number of carbonyl (C=O) groups is 1. The molecule has 0 aliphatic heterocycles. The molecular weight excluding hydrogens is 448 g/mol. The standard InChI is InChI=1S/C22H20N4O6S/c1-31-17-3-5-18(6-4-17)33(29,30)19-7-8-20-15(11-19)12-23-26(22(20)28)13-16-9-10-25(24-16)14-21(27)32-2/h3-12H,13-14H2,1-2H3. The summed E-state index contributed by atoms with van der Waals surface area (Å²) in [6.45, 7) is 0.0524. The minimum atomic E-state index is -3.78. The average Bonchev–Trinajstić information content (AvgIpc) is 3.27. The van der Waals surface area contributed by atoms with Gasteiger partial charge in [-0.3, -0.25) is 14.3 Å². The van der Waals surface area contributed by atoms with Crippen LogP contribution in [0.2, 0.25) is 0 Å². The van der Waals surface area contributed by atoms with Gasteiger partial charge in [-0.1, -0.05) is 0 Å². The molecule has 0 N–H and O–H groups in total. The molecule has 4 rings (SSSR count). The van der Waals surface area contributed by atoms with Gasteiger partial charge in [0.25, 0.3) is 5.56 Å². The van der Waals surface area contributed by atoms with Gasteiger partial charge in [0.15, 0.2) is 0 Å². The molecule has 4 aromatic rings. The SMILES string of the molecule is COC(=O)Cn1ccc(Cn2ncc3cc(S(=O)(=O)c4ccc(OC)cc4)ccc3c2=O)n1. The second-order valence-electron chi connectivity index (χ2n) is 7.12. The Balaban J connectivity index is 1.62. The lowest BCUT2D eigenvalue weighted by Gasteiger charge is -2.08. The Morgan fingerprint density at radius 1 is 1.03 bits per heavy atom. The van der Waals surface area contributed by atoms with Crippen LogP contribution in [0.25, 0.3) is 10.8 Å². The van der Waals surface area contributed by atoms with E-state index in [2.05, 4.69) is 14.9 Å². The molecule has 0 saturated carbocycles. The summed E-state index contributed by atoms with van der Waals surface area (Å²) in [4.78, 5) is 24.4. The number of rotatable bonds is 7. The largest absolute Gasteiger partial charge is 0.497 e. The van der Waals surface area contributed by atoms with Crippen molar-refractivity contribution in [3.8, 4) is 5.75 Å². The quantitative estimate of drug-likeness (QED) is 0.375. The van der Waals surface area contributed by atoms with Crippen LogP contribution in [0.4, 0.5) is 0 Å². The molecule has 2 heterocycles. The molecule has 10 nitrogen and oxygen atoms in total. The van der Waals surface area contributed by atoms with Gasteiger partial charge in [0, 0.05) is 11.6 Å². The molecule has 0 atom stereocenters. The zero-order valence-electron chi connectivity index (χ0n) is 17.8. The van der Waals surface area contributed by atoms with Crippen molar-refractivity contribution in [1.29, 1.82) is 0 Å². The van der Waals surface area contributed by atoms with Crippen molar-refractivity contribution in [2.24, 2.45) is 0 Å². The number of esters is 1. The van der Waals surface area contributed by atoms with Crippen LogP contribution in [0.5, 0.6) is 5.75 Å². The summed E-state index contributed by atoms with van der Waals surface area (Å²) in [5, 5.41) is 9.12. The molecule has 2 aromatic heterocycles. The minimum absolute atomic E-state index is 0.0397. The Hall–Kier alpha value is -3.99. The van der Waals surface area contributed by atoms with Gasteiger partial charge in [-0.15, -0.1) is 0 Å². The Morgan fingerprint density at radius 3 is 2.45 bits per heavy atom. The van der Waals surface area contributed by atoms with Crippen molar-refractivity contribution in [2.75, 3.05) is 14.2 Å². The first-order valence-corrected chi connectivity index (χ1v) is 11.3.